The Morgan fingerprint density at radius 1 is 0.600 bits per heavy atom. The van der Waals surface area contributed by atoms with Crippen molar-refractivity contribution in [3.63, 3.8) is 0 Å². The second kappa shape index (κ2) is 7.91. The molecule has 0 saturated heterocycles. The predicted octanol–water partition coefficient (Wildman–Crippen LogP) is 6.00. The standard InChI is InChI=1S/C27H25NO2/c29-24-16-17-25(30)28(24)18-5-3-1-2-4-7-19-10-11-22-13-12-20-8-6-9-21-14-15-23(19)27(22)26(20)21/h6,8-17H,1-5,7,18H2. The minimum atomic E-state index is -0.172. The lowest BCUT2D eigenvalue weighted by molar-refractivity contribution is -0.136. The van der Waals surface area contributed by atoms with Crippen molar-refractivity contribution >= 4 is 44.1 Å². The molecule has 1 aliphatic rings. The molecule has 0 N–H and O–H groups in total. The second-order valence-corrected chi connectivity index (χ2v) is 8.26. The molecule has 4 aromatic carbocycles. The SMILES string of the molecule is O=C1C=CC(=O)N1CCCCCCCc1ccc2ccc3cccc4ccc1c2c34. The minimum Gasteiger partial charge on any atom is -0.275 e. The summed E-state index contributed by atoms with van der Waals surface area (Å²) < 4.78 is 0. The smallest absolute Gasteiger partial charge is 0.253 e. The Hall–Kier alpha value is -3.20. The van der Waals surface area contributed by atoms with Gasteiger partial charge in [-0.3, -0.25) is 14.5 Å². The van der Waals surface area contributed by atoms with Crippen LogP contribution in [-0.2, 0) is 16.0 Å². The van der Waals surface area contributed by atoms with Crippen LogP contribution in [0.5, 0.6) is 0 Å². The van der Waals surface area contributed by atoms with Gasteiger partial charge in [-0.05, 0) is 57.1 Å². The van der Waals surface area contributed by atoms with Crippen molar-refractivity contribution in [3.05, 3.63) is 72.3 Å². The average molecular weight is 396 g/mol. The van der Waals surface area contributed by atoms with Crippen molar-refractivity contribution in [2.24, 2.45) is 0 Å². The van der Waals surface area contributed by atoms with Gasteiger partial charge in [0.25, 0.3) is 11.8 Å². The molecule has 0 spiro atoms. The summed E-state index contributed by atoms with van der Waals surface area (Å²) in [4.78, 5) is 24.5. The highest BCUT2D eigenvalue weighted by molar-refractivity contribution is 6.23. The number of nitrogens with zero attached hydrogens (tertiary/aromatic N) is 1. The first-order chi connectivity index (χ1) is 14.7. The molecule has 150 valence electrons. The van der Waals surface area contributed by atoms with E-state index in [9.17, 15) is 9.59 Å². The monoisotopic (exact) mass is 395 g/mol. The maximum atomic E-state index is 11.6. The van der Waals surface area contributed by atoms with Crippen LogP contribution in [0.25, 0.3) is 32.3 Å². The minimum absolute atomic E-state index is 0.172. The summed E-state index contributed by atoms with van der Waals surface area (Å²) in [7, 11) is 0. The number of benzene rings is 4. The molecule has 2 amide bonds. The number of amides is 2. The Labute approximate surface area is 176 Å². The summed E-state index contributed by atoms with van der Waals surface area (Å²) in [6, 6.07) is 20.1. The van der Waals surface area contributed by atoms with Crippen molar-refractivity contribution < 1.29 is 9.59 Å². The fourth-order valence-corrected chi connectivity index (χ4v) is 4.78. The van der Waals surface area contributed by atoms with Gasteiger partial charge in [-0.25, -0.2) is 0 Å². The van der Waals surface area contributed by atoms with E-state index in [0.29, 0.717) is 6.54 Å². The van der Waals surface area contributed by atoms with Gasteiger partial charge in [-0.1, -0.05) is 73.9 Å². The molecule has 3 nitrogen and oxygen atoms in total. The number of imide groups is 1. The number of carbonyl (C=O) groups is 2. The molecule has 3 heteroatoms. The molecule has 30 heavy (non-hydrogen) atoms. The fourth-order valence-electron chi connectivity index (χ4n) is 4.78. The van der Waals surface area contributed by atoms with E-state index in [1.165, 1.54) is 61.4 Å². The zero-order chi connectivity index (χ0) is 20.5. The Bertz CT molecular complexity index is 1240. The first kappa shape index (κ1) is 18.8. The molecule has 0 saturated carbocycles. The number of hydrogen-bond donors (Lipinski definition) is 0. The zero-order valence-corrected chi connectivity index (χ0v) is 17.1. The van der Waals surface area contributed by atoms with Crippen LogP contribution in [0.15, 0.2) is 66.7 Å². The third-order valence-corrected chi connectivity index (χ3v) is 6.35. The highest BCUT2D eigenvalue weighted by Gasteiger charge is 2.22. The lowest BCUT2D eigenvalue weighted by Gasteiger charge is -2.14. The summed E-state index contributed by atoms with van der Waals surface area (Å²) in [5.74, 6) is -0.344. The normalized spacial score (nSPS) is 14.2. The van der Waals surface area contributed by atoms with E-state index in [1.807, 2.05) is 0 Å². The van der Waals surface area contributed by atoms with E-state index in [-0.39, 0.29) is 11.8 Å². The van der Waals surface area contributed by atoms with Gasteiger partial charge in [-0.15, -0.1) is 0 Å². The highest BCUT2D eigenvalue weighted by atomic mass is 16.2. The Balaban J connectivity index is 1.20. The Morgan fingerprint density at radius 3 is 1.97 bits per heavy atom. The quantitative estimate of drug-likeness (QED) is 0.208. The van der Waals surface area contributed by atoms with Crippen LogP contribution in [-0.4, -0.2) is 23.3 Å². The van der Waals surface area contributed by atoms with Crippen molar-refractivity contribution in [1.82, 2.24) is 4.90 Å². The maximum Gasteiger partial charge on any atom is 0.253 e. The van der Waals surface area contributed by atoms with Gasteiger partial charge >= 0.3 is 0 Å². The average Bonchev–Trinajstić information content (AvgIpc) is 3.09. The van der Waals surface area contributed by atoms with Gasteiger partial charge in [0.05, 0.1) is 0 Å². The first-order valence-electron chi connectivity index (χ1n) is 10.9. The van der Waals surface area contributed by atoms with Crippen LogP contribution in [0, 0.1) is 0 Å². The van der Waals surface area contributed by atoms with Crippen LogP contribution in [0.4, 0.5) is 0 Å². The van der Waals surface area contributed by atoms with Gasteiger partial charge < -0.3 is 0 Å². The van der Waals surface area contributed by atoms with Crippen LogP contribution in [0.3, 0.4) is 0 Å². The van der Waals surface area contributed by atoms with Crippen molar-refractivity contribution in [3.8, 4) is 0 Å². The van der Waals surface area contributed by atoms with Gasteiger partial charge in [0, 0.05) is 18.7 Å². The van der Waals surface area contributed by atoms with E-state index in [1.54, 1.807) is 0 Å². The molecule has 0 aliphatic carbocycles. The first-order valence-corrected chi connectivity index (χ1v) is 10.9. The van der Waals surface area contributed by atoms with Gasteiger partial charge in [0.15, 0.2) is 0 Å². The fraction of sp³-hybridized carbons (Fsp3) is 0.259. The molecule has 0 radical (unpaired) electrons. The number of rotatable bonds is 8. The summed E-state index contributed by atoms with van der Waals surface area (Å²) in [5.41, 5.74) is 1.43. The van der Waals surface area contributed by atoms with Crippen molar-refractivity contribution in [2.75, 3.05) is 6.54 Å². The lowest BCUT2D eigenvalue weighted by Crippen LogP contribution is -2.30. The summed E-state index contributed by atoms with van der Waals surface area (Å²) in [6.07, 6.45) is 9.21. The molecule has 1 heterocycles. The summed E-state index contributed by atoms with van der Waals surface area (Å²) >= 11 is 0. The van der Waals surface area contributed by atoms with Crippen LogP contribution < -0.4 is 0 Å². The molecule has 1 aliphatic heterocycles. The van der Waals surface area contributed by atoms with Gasteiger partial charge in [0.1, 0.15) is 0 Å². The number of carbonyl (C=O) groups excluding carboxylic acids is 2. The van der Waals surface area contributed by atoms with Crippen molar-refractivity contribution in [1.29, 1.82) is 0 Å². The van der Waals surface area contributed by atoms with Gasteiger partial charge in [0.2, 0.25) is 0 Å². The molecule has 0 unspecified atom stereocenters. The lowest BCUT2D eigenvalue weighted by atomic mass is 9.90. The summed E-state index contributed by atoms with van der Waals surface area (Å²) in [5, 5.41) is 8.11. The third-order valence-electron chi connectivity index (χ3n) is 6.35. The van der Waals surface area contributed by atoms with E-state index < -0.39 is 0 Å². The molecule has 5 rings (SSSR count). The molecule has 0 atom stereocenters. The number of hydrogen-bond acceptors (Lipinski definition) is 2. The summed E-state index contributed by atoms with van der Waals surface area (Å²) in [6.45, 7) is 0.541. The largest absolute Gasteiger partial charge is 0.275 e. The van der Waals surface area contributed by atoms with Crippen LogP contribution in [0.1, 0.15) is 37.7 Å². The van der Waals surface area contributed by atoms with Crippen LogP contribution >= 0.6 is 0 Å². The molecule has 0 fully saturated rings. The maximum absolute atomic E-state index is 11.6. The molecule has 0 bridgehead atoms. The Morgan fingerprint density at radius 2 is 1.20 bits per heavy atom. The number of unbranched alkanes of at least 4 members (excludes halogenated alkanes) is 4. The van der Waals surface area contributed by atoms with E-state index in [2.05, 4.69) is 54.6 Å². The molecular weight excluding hydrogens is 370 g/mol. The Kier molecular flexibility index (Phi) is 4.96. The van der Waals surface area contributed by atoms with Crippen molar-refractivity contribution in [2.45, 2.75) is 38.5 Å². The van der Waals surface area contributed by atoms with E-state index in [0.717, 1.165) is 32.1 Å². The molecule has 0 aromatic heterocycles. The van der Waals surface area contributed by atoms with Crippen LogP contribution in [0.2, 0.25) is 0 Å². The predicted molar refractivity (Wildman–Crippen MR) is 123 cm³/mol. The van der Waals surface area contributed by atoms with Gasteiger partial charge in [-0.2, -0.15) is 0 Å². The highest BCUT2D eigenvalue weighted by Crippen LogP contribution is 2.36. The zero-order valence-electron chi connectivity index (χ0n) is 17.1. The van der Waals surface area contributed by atoms with E-state index in [4.69, 9.17) is 0 Å². The topological polar surface area (TPSA) is 37.4 Å². The molecular formula is C27H25NO2. The number of aryl methyl sites for hydroxylation is 1. The second-order valence-electron chi connectivity index (χ2n) is 8.26. The molecule has 4 aromatic rings. The van der Waals surface area contributed by atoms with E-state index >= 15 is 0 Å². The third kappa shape index (κ3) is 3.35.